The zero-order chi connectivity index (χ0) is 25.0. The monoisotopic (exact) mass is 575 g/mol. The number of rotatable bonds is 3. The Kier molecular flexibility index (Phi) is 10.4. The van der Waals surface area contributed by atoms with Gasteiger partial charge in [0.2, 0.25) is 0 Å². The van der Waals surface area contributed by atoms with Gasteiger partial charge in [-0.3, -0.25) is 25.0 Å². The van der Waals surface area contributed by atoms with Crippen LogP contribution in [0.15, 0.2) is 104 Å². The van der Waals surface area contributed by atoms with E-state index < -0.39 is 0 Å². The minimum absolute atomic E-state index is 0. The van der Waals surface area contributed by atoms with Crippen LogP contribution >= 0.6 is 0 Å². The fourth-order valence-electron chi connectivity index (χ4n) is 2.98. The maximum Gasteiger partial charge on any atom is 2.00 e. The van der Waals surface area contributed by atoms with Crippen LogP contribution in [0, 0.1) is 13.8 Å². The second-order valence-corrected chi connectivity index (χ2v) is 7.41. The SMILES string of the molecule is Cc1cc(-c2ccccn2)[n-]n1.Cc1n[n-]c(-c2ccccn2)n1.[Ru+2].c1ccc(-c2ccccn2)nc1. The third-order valence-electron chi connectivity index (χ3n) is 4.63. The summed E-state index contributed by atoms with van der Waals surface area (Å²) in [5, 5.41) is 15.5. The third kappa shape index (κ3) is 8.33. The first kappa shape index (κ1) is 27.2. The van der Waals surface area contributed by atoms with Crippen molar-refractivity contribution in [1.29, 1.82) is 0 Å². The predicted octanol–water partition coefficient (Wildman–Crippen LogP) is 4.35. The second-order valence-electron chi connectivity index (χ2n) is 7.41. The Labute approximate surface area is 227 Å². The summed E-state index contributed by atoms with van der Waals surface area (Å²) in [7, 11) is 0. The van der Waals surface area contributed by atoms with Crippen LogP contribution in [-0.2, 0) is 19.5 Å². The molecule has 0 saturated heterocycles. The van der Waals surface area contributed by atoms with Crippen LogP contribution in [0.4, 0.5) is 0 Å². The van der Waals surface area contributed by atoms with Crippen molar-refractivity contribution >= 4 is 0 Å². The van der Waals surface area contributed by atoms with Crippen molar-refractivity contribution < 1.29 is 19.5 Å². The van der Waals surface area contributed by atoms with Gasteiger partial charge in [0.1, 0.15) is 0 Å². The molecule has 0 radical (unpaired) electrons. The van der Waals surface area contributed by atoms with Gasteiger partial charge in [-0.1, -0.05) is 36.0 Å². The summed E-state index contributed by atoms with van der Waals surface area (Å²) in [5.74, 6) is 1.27. The number of aromatic nitrogens is 9. The molecular formula is C27H23N9Ru. The van der Waals surface area contributed by atoms with E-state index in [0.717, 1.165) is 34.2 Å². The van der Waals surface area contributed by atoms with Crippen molar-refractivity contribution in [2.75, 3.05) is 0 Å². The van der Waals surface area contributed by atoms with E-state index in [1.54, 1.807) is 31.7 Å². The Hall–Kier alpha value is -4.43. The Morgan fingerprint density at radius 1 is 0.541 bits per heavy atom. The standard InChI is InChI=1S/C10H8N2.C9H8N3.C8H7N4.Ru/c1-3-7-11-9(5-1)10-6-2-4-8-12-10;1-7-6-9(12-11-7)8-4-2-3-5-10-8;1-6-10-8(12-11-6)7-4-2-3-5-9-7;/h1-8H;2-6H,1H3;2-5H,1H3;/q;2*-1;+2. The van der Waals surface area contributed by atoms with Crippen molar-refractivity contribution in [2.45, 2.75) is 13.8 Å². The second kappa shape index (κ2) is 14.2. The first-order chi connectivity index (χ1) is 17.7. The van der Waals surface area contributed by atoms with Crippen LogP contribution < -0.4 is 10.2 Å². The smallest absolute Gasteiger partial charge is 0.574 e. The van der Waals surface area contributed by atoms with E-state index in [1.165, 1.54) is 0 Å². The molecule has 184 valence electrons. The molecule has 6 aromatic rings. The average Bonchev–Trinajstić information content (AvgIpc) is 3.60. The molecule has 0 fully saturated rings. The van der Waals surface area contributed by atoms with Crippen LogP contribution in [0.5, 0.6) is 0 Å². The van der Waals surface area contributed by atoms with Crippen molar-refractivity contribution in [3.05, 3.63) is 115 Å². The minimum atomic E-state index is 0. The van der Waals surface area contributed by atoms with Crippen molar-refractivity contribution in [2.24, 2.45) is 0 Å². The molecule has 37 heavy (non-hydrogen) atoms. The summed E-state index contributed by atoms with van der Waals surface area (Å²) < 4.78 is 0. The van der Waals surface area contributed by atoms with Crippen LogP contribution in [0.3, 0.4) is 0 Å². The number of hydrogen-bond acceptors (Lipinski definition) is 7. The largest absolute Gasteiger partial charge is 2.00 e. The zero-order valence-corrected chi connectivity index (χ0v) is 21.9. The molecule has 0 unspecified atom stereocenters. The minimum Gasteiger partial charge on any atom is -0.574 e. The van der Waals surface area contributed by atoms with Gasteiger partial charge >= 0.3 is 19.5 Å². The molecule has 10 heteroatoms. The van der Waals surface area contributed by atoms with E-state index >= 15 is 0 Å². The summed E-state index contributed by atoms with van der Waals surface area (Å²) in [6.07, 6.45) is 6.99. The van der Waals surface area contributed by atoms with E-state index in [-0.39, 0.29) is 19.5 Å². The Morgan fingerprint density at radius 2 is 1.03 bits per heavy atom. The topological polar surface area (TPSA) is 118 Å². The molecule has 0 aliphatic heterocycles. The molecule has 0 saturated carbocycles. The van der Waals surface area contributed by atoms with Crippen molar-refractivity contribution in [1.82, 2.24) is 45.3 Å². The Balaban J connectivity index is 0.000000152. The number of nitrogens with zero attached hydrogens (tertiary/aromatic N) is 9. The summed E-state index contributed by atoms with van der Waals surface area (Å²) in [5.41, 5.74) is 5.23. The molecule has 6 aromatic heterocycles. The summed E-state index contributed by atoms with van der Waals surface area (Å²) >= 11 is 0. The van der Waals surface area contributed by atoms with E-state index in [2.05, 4.69) is 45.3 Å². The van der Waals surface area contributed by atoms with Gasteiger partial charge in [-0.25, -0.2) is 0 Å². The van der Waals surface area contributed by atoms with Crippen LogP contribution in [-0.4, -0.2) is 35.1 Å². The van der Waals surface area contributed by atoms with Gasteiger partial charge in [-0.05, 0) is 68.2 Å². The summed E-state index contributed by atoms with van der Waals surface area (Å²) in [4.78, 5) is 20.7. The van der Waals surface area contributed by atoms with Gasteiger partial charge in [0.15, 0.2) is 0 Å². The molecule has 0 spiro atoms. The molecule has 0 aliphatic carbocycles. The average molecular weight is 575 g/mol. The van der Waals surface area contributed by atoms with Gasteiger partial charge in [0.25, 0.3) is 0 Å². The normalized spacial score (nSPS) is 9.68. The van der Waals surface area contributed by atoms with Gasteiger partial charge in [-0.2, -0.15) is 0 Å². The molecule has 0 N–H and O–H groups in total. The van der Waals surface area contributed by atoms with Crippen molar-refractivity contribution in [3.63, 3.8) is 0 Å². The van der Waals surface area contributed by atoms with E-state index in [4.69, 9.17) is 0 Å². The van der Waals surface area contributed by atoms with Gasteiger partial charge in [0.05, 0.1) is 17.1 Å². The molecule has 9 nitrogen and oxygen atoms in total. The number of aryl methyl sites for hydroxylation is 2. The van der Waals surface area contributed by atoms with Crippen LogP contribution in [0.25, 0.3) is 34.3 Å². The van der Waals surface area contributed by atoms with Gasteiger partial charge in [-0.15, -0.1) is 0 Å². The van der Waals surface area contributed by atoms with Crippen LogP contribution in [0.1, 0.15) is 11.5 Å². The number of hydrogen-bond donors (Lipinski definition) is 0. The molecule has 0 amide bonds. The molecule has 0 atom stereocenters. The first-order valence-electron chi connectivity index (χ1n) is 11.2. The van der Waals surface area contributed by atoms with Gasteiger partial charge < -0.3 is 20.3 Å². The van der Waals surface area contributed by atoms with Crippen LogP contribution in [0.2, 0.25) is 0 Å². The maximum absolute atomic E-state index is 4.19. The summed E-state index contributed by atoms with van der Waals surface area (Å²) in [6.45, 7) is 3.72. The molecule has 0 aliphatic rings. The van der Waals surface area contributed by atoms with Crippen molar-refractivity contribution in [3.8, 4) is 34.3 Å². The molecular weight excluding hydrogens is 551 g/mol. The fraction of sp³-hybridized carbons (Fsp3) is 0.0741. The third-order valence-corrected chi connectivity index (χ3v) is 4.63. The Morgan fingerprint density at radius 3 is 1.41 bits per heavy atom. The summed E-state index contributed by atoms with van der Waals surface area (Å²) in [6, 6.07) is 24.9. The quantitative estimate of drug-likeness (QED) is 0.284. The van der Waals surface area contributed by atoms with E-state index in [0.29, 0.717) is 11.6 Å². The molecule has 6 heterocycles. The molecule has 0 aromatic carbocycles. The molecule has 0 bridgehead atoms. The fourth-order valence-corrected chi connectivity index (χ4v) is 2.98. The number of pyridine rings is 4. The Bertz CT molecular complexity index is 1330. The maximum atomic E-state index is 4.19. The first-order valence-corrected chi connectivity index (χ1v) is 11.2. The van der Waals surface area contributed by atoms with Gasteiger partial charge in [0, 0.05) is 42.0 Å². The van der Waals surface area contributed by atoms with E-state index in [9.17, 15) is 0 Å². The zero-order valence-electron chi connectivity index (χ0n) is 20.2. The van der Waals surface area contributed by atoms with E-state index in [1.807, 2.05) is 85.8 Å². The predicted molar refractivity (Wildman–Crippen MR) is 136 cm³/mol. The molecule has 6 rings (SSSR count).